The van der Waals surface area contributed by atoms with Crippen molar-refractivity contribution >= 4 is 53.1 Å². The van der Waals surface area contributed by atoms with Crippen LogP contribution in [0.5, 0.6) is 5.75 Å². The maximum absolute atomic E-state index is 11.1. The van der Waals surface area contributed by atoms with Gasteiger partial charge in [0.1, 0.15) is 0 Å². The number of hydrogen-bond acceptors (Lipinski definition) is 2. The first kappa shape index (κ1) is 11.5. The summed E-state index contributed by atoms with van der Waals surface area (Å²) in [5.74, 6) is 0.0692. The fraction of sp³-hybridized carbons (Fsp3) is 0.0833. The SMILES string of the molecule is CC(=O)Nc1c[c]([Na])cc2cccc(O)c12. The number of carbonyl (C=O) groups is 1. The summed E-state index contributed by atoms with van der Waals surface area (Å²) >= 11 is 0.908. The molecule has 4 heteroatoms. The number of hydrogen-bond donors (Lipinski definition) is 2. The summed E-state index contributed by atoms with van der Waals surface area (Å²) in [5.41, 5.74) is 0.688. The summed E-state index contributed by atoms with van der Waals surface area (Å²) in [6.45, 7) is 1.46. The van der Waals surface area contributed by atoms with E-state index in [2.05, 4.69) is 5.32 Å². The predicted molar refractivity (Wildman–Crippen MR) is 65.3 cm³/mol. The van der Waals surface area contributed by atoms with Crippen LogP contribution in [0.25, 0.3) is 10.8 Å². The molecule has 0 aliphatic carbocycles. The van der Waals surface area contributed by atoms with Gasteiger partial charge in [-0.1, -0.05) is 0 Å². The van der Waals surface area contributed by atoms with Crippen LogP contribution >= 0.6 is 0 Å². The third-order valence-corrected chi connectivity index (χ3v) is 2.99. The van der Waals surface area contributed by atoms with Gasteiger partial charge >= 0.3 is 111 Å². The van der Waals surface area contributed by atoms with E-state index in [-0.39, 0.29) is 11.7 Å². The number of fused-ring (bicyclic) bond motifs is 1. The standard InChI is InChI=1S/C12H10NO2.Na/c1-8(14)13-10-6-2-4-9-5-3-7-11(15)12(9)10;/h3-7,15H,1H3,(H,13,14);. The second-order valence-corrected chi connectivity index (χ2v) is 5.02. The molecule has 0 heterocycles. The zero-order valence-corrected chi connectivity index (χ0v) is 11.2. The zero-order chi connectivity index (χ0) is 11.7. The Balaban J connectivity index is 2.74. The van der Waals surface area contributed by atoms with Crippen LogP contribution < -0.4 is 8.13 Å². The minimum absolute atomic E-state index is 0.128. The van der Waals surface area contributed by atoms with Gasteiger partial charge in [-0.05, 0) is 0 Å². The molecule has 0 bridgehead atoms. The molecule has 0 atom stereocenters. The Morgan fingerprint density at radius 1 is 1.38 bits per heavy atom. The number of amides is 1. The number of benzene rings is 2. The third-order valence-electron chi connectivity index (χ3n) is 2.41. The molecule has 0 aliphatic rings. The quantitative estimate of drug-likeness (QED) is 0.716. The van der Waals surface area contributed by atoms with Crippen LogP contribution in [0.1, 0.15) is 6.92 Å². The molecule has 0 saturated carbocycles. The van der Waals surface area contributed by atoms with E-state index >= 15 is 0 Å². The van der Waals surface area contributed by atoms with Gasteiger partial charge in [0.2, 0.25) is 0 Å². The summed E-state index contributed by atoms with van der Waals surface area (Å²) in [5, 5.41) is 14.2. The molecular formula is C12H10NNaO2. The molecule has 0 aromatic heterocycles. The average molecular weight is 223 g/mol. The fourth-order valence-corrected chi connectivity index (χ4v) is 2.45. The van der Waals surface area contributed by atoms with E-state index in [1.54, 1.807) is 12.1 Å². The van der Waals surface area contributed by atoms with E-state index in [4.69, 9.17) is 0 Å². The van der Waals surface area contributed by atoms with Crippen molar-refractivity contribution in [3.8, 4) is 5.75 Å². The molecule has 0 radical (unpaired) electrons. The molecule has 16 heavy (non-hydrogen) atoms. The van der Waals surface area contributed by atoms with E-state index in [1.165, 1.54) is 9.74 Å². The molecule has 1 amide bonds. The molecule has 3 nitrogen and oxygen atoms in total. The molecule has 2 N–H and O–H groups in total. The van der Waals surface area contributed by atoms with Crippen LogP contribution in [0.15, 0.2) is 30.3 Å². The van der Waals surface area contributed by atoms with E-state index in [0.29, 0.717) is 11.1 Å². The van der Waals surface area contributed by atoms with Crippen LogP contribution in [-0.2, 0) is 4.79 Å². The Morgan fingerprint density at radius 2 is 2.12 bits per heavy atom. The molecule has 0 unspecified atom stereocenters. The predicted octanol–water partition coefficient (Wildman–Crippen LogP) is 1.30. The van der Waals surface area contributed by atoms with Crippen molar-refractivity contribution < 1.29 is 9.90 Å². The molecule has 0 saturated heterocycles. The number of anilines is 1. The van der Waals surface area contributed by atoms with E-state index in [9.17, 15) is 9.90 Å². The topological polar surface area (TPSA) is 49.3 Å². The van der Waals surface area contributed by atoms with Crippen molar-refractivity contribution in [2.45, 2.75) is 6.92 Å². The van der Waals surface area contributed by atoms with E-state index < -0.39 is 0 Å². The number of rotatable bonds is 1. The van der Waals surface area contributed by atoms with Gasteiger partial charge in [-0.25, -0.2) is 0 Å². The Labute approximate surface area is 111 Å². The van der Waals surface area contributed by atoms with E-state index in [1.807, 2.05) is 18.2 Å². The maximum atomic E-state index is 11.1. The monoisotopic (exact) mass is 223 g/mol. The van der Waals surface area contributed by atoms with Crippen molar-refractivity contribution in [1.29, 1.82) is 0 Å². The van der Waals surface area contributed by atoms with Crippen LogP contribution in [-0.4, -0.2) is 38.9 Å². The van der Waals surface area contributed by atoms with Crippen LogP contribution in [0, 0.1) is 0 Å². The molecule has 0 spiro atoms. The Morgan fingerprint density at radius 3 is 2.81 bits per heavy atom. The average Bonchev–Trinajstić information content (AvgIpc) is 2.15. The summed E-state index contributed by atoms with van der Waals surface area (Å²) in [6, 6.07) is 9.31. The van der Waals surface area contributed by atoms with Gasteiger partial charge in [0.15, 0.2) is 0 Å². The van der Waals surface area contributed by atoms with Gasteiger partial charge < -0.3 is 0 Å². The third kappa shape index (κ3) is 2.21. The van der Waals surface area contributed by atoms with Gasteiger partial charge in [0, 0.05) is 0 Å². The van der Waals surface area contributed by atoms with Gasteiger partial charge in [0.25, 0.3) is 0 Å². The Hall–Kier alpha value is -1.03. The van der Waals surface area contributed by atoms with Gasteiger partial charge in [0.05, 0.1) is 0 Å². The first-order valence-electron chi connectivity index (χ1n) is 5.08. The normalized spacial score (nSPS) is 10.4. The second kappa shape index (κ2) is 4.45. The number of aromatic hydroxyl groups is 1. The van der Waals surface area contributed by atoms with Crippen LogP contribution in [0.3, 0.4) is 0 Å². The second-order valence-electron chi connectivity index (χ2n) is 3.87. The molecule has 0 fully saturated rings. The Kier molecular flexibility index (Phi) is 3.19. The zero-order valence-electron chi connectivity index (χ0n) is 9.24. The van der Waals surface area contributed by atoms with Crippen molar-refractivity contribution in [2.75, 3.05) is 5.32 Å². The molecule has 2 aromatic carbocycles. The molecule has 2 aromatic rings. The van der Waals surface area contributed by atoms with Crippen molar-refractivity contribution in [1.82, 2.24) is 0 Å². The number of phenolic OH excluding ortho intramolecular Hbond substituents is 1. The van der Waals surface area contributed by atoms with Crippen molar-refractivity contribution in [3.63, 3.8) is 0 Å². The first-order chi connectivity index (χ1) is 7.58. The number of carbonyl (C=O) groups excluding carboxylic acids is 1. The van der Waals surface area contributed by atoms with Crippen LogP contribution in [0.4, 0.5) is 5.69 Å². The fourth-order valence-electron chi connectivity index (χ4n) is 1.85. The summed E-state index contributed by atoms with van der Waals surface area (Å²) in [4.78, 5) is 11.1. The summed E-state index contributed by atoms with van der Waals surface area (Å²) in [6.07, 6.45) is 0. The minimum atomic E-state index is -0.128. The van der Waals surface area contributed by atoms with E-state index in [0.717, 1.165) is 33.3 Å². The van der Waals surface area contributed by atoms with Crippen LogP contribution in [0.2, 0.25) is 0 Å². The molecule has 76 valence electrons. The van der Waals surface area contributed by atoms with Crippen molar-refractivity contribution in [3.05, 3.63) is 30.3 Å². The summed E-state index contributed by atoms with van der Waals surface area (Å²) in [7, 11) is 0. The molecular weight excluding hydrogens is 213 g/mol. The molecule has 2 rings (SSSR count). The molecule has 0 aliphatic heterocycles. The van der Waals surface area contributed by atoms with Gasteiger partial charge in [-0.2, -0.15) is 0 Å². The number of nitrogens with one attached hydrogen (secondary N) is 1. The van der Waals surface area contributed by atoms with Gasteiger partial charge in [-0.15, -0.1) is 0 Å². The summed E-state index contributed by atoms with van der Waals surface area (Å²) < 4.78 is 1.18. The van der Waals surface area contributed by atoms with Gasteiger partial charge in [-0.3, -0.25) is 0 Å². The van der Waals surface area contributed by atoms with Crippen molar-refractivity contribution in [2.24, 2.45) is 0 Å². The first-order valence-corrected chi connectivity index (χ1v) is 6.08. The number of phenols is 1. The Bertz CT molecular complexity index is 566.